The molecular formula is C15H18O3. The fraction of sp³-hybridized carbons (Fsp3) is 0.533. The molecule has 0 aromatic carbocycles. The van der Waals surface area contributed by atoms with E-state index in [-0.39, 0.29) is 17.5 Å². The first-order valence-electron chi connectivity index (χ1n) is 6.56. The summed E-state index contributed by atoms with van der Waals surface area (Å²) in [5.74, 6) is 0.244. The van der Waals surface area contributed by atoms with Crippen molar-refractivity contribution in [1.82, 2.24) is 0 Å². The summed E-state index contributed by atoms with van der Waals surface area (Å²) in [6, 6.07) is 1.89. The Morgan fingerprint density at radius 1 is 1.44 bits per heavy atom. The molecule has 0 saturated heterocycles. The lowest BCUT2D eigenvalue weighted by molar-refractivity contribution is -0.153. The summed E-state index contributed by atoms with van der Waals surface area (Å²) in [5.41, 5.74) is 2.14. The third-order valence-electron chi connectivity index (χ3n) is 4.46. The second-order valence-corrected chi connectivity index (χ2v) is 5.68. The SMILES string of the molecule is CC1CCC[C@]2(C)C1=CC(=O)O[C@H]2c1ccoc1. The third-order valence-corrected chi connectivity index (χ3v) is 4.46. The highest BCUT2D eigenvalue weighted by molar-refractivity contribution is 5.84. The minimum absolute atomic E-state index is 0.0740. The zero-order chi connectivity index (χ0) is 12.8. The van der Waals surface area contributed by atoms with Gasteiger partial charge in [0.1, 0.15) is 6.10 Å². The molecule has 1 aromatic rings. The van der Waals surface area contributed by atoms with Crippen LogP contribution in [-0.2, 0) is 9.53 Å². The number of hydrogen-bond donors (Lipinski definition) is 0. The van der Waals surface area contributed by atoms with Crippen LogP contribution in [0.25, 0.3) is 0 Å². The molecule has 96 valence electrons. The van der Waals surface area contributed by atoms with Gasteiger partial charge in [0.05, 0.1) is 12.5 Å². The highest BCUT2D eigenvalue weighted by Gasteiger charge is 2.47. The second-order valence-electron chi connectivity index (χ2n) is 5.68. The molecule has 3 heteroatoms. The number of furan rings is 1. The van der Waals surface area contributed by atoms with Crippen LogP contribution in [-0.4, -0.2) is 5.97 Å². The number of cyclic esters (lactones) is 1. The van der Waals surface area contributed by atoms with Crippen molar-refractivity contribution >= 4 is 5.97 Å². The van der Waals surface area contributed by atoms with Gasteiger partial charge < -0.3 is 9.15 Å². The van der Waals surface area contributed by atoms with Crippen molar-refractivity contribution in [2.45, 2.75) is 39.2 Å². The first kappa shape index (κ1) is 11.6. The molecule has 0 radical (unpaired) electrons. The van der Waals surface area contributed by atoms with Gasteiger partial charge in [-0.2, -0.15) is 0 Å². The van der Waals surface area contributed by atoms with Gasteiger partial charge in [-0.3, -0.25) is 0 Å². The van der Waals surface area contributed by atoms with Gasteiger partial charge in [0.15, 0.2) is 0 Å². The van der Waals surface area contributed by atoms with Crippen LogP contribution in [0.4, 0.5) is 0 Å². The second kappa shape index (κ2) is 4.01. The fourth-order valence-corrected chi connectivity index (χ4v) is 3.50. The number of carbonyl (C=O) groups excluding carboxylic acids is 1. The van der Waals surface area contributed by atoms with E-state index in [0.29, 0.717) is 5.92 Å². The summed E-state index contributed by atoms with van der Waals surface area (Å²) < 4.78 is 10.7. The molecule has 1 aliphatic heterocycles. The van der Waals surface area contributed by atoms with Crippen LogP contribution in [0.2, 0.25) is 0 Å². The average molecular weight is 246 g/mol. The average Bonchev–Trinajstić information content (AvgIpc) is 2.84. The molecule has 1 aliphatic carbocycles. The summed E-state index contributed by atoms with van der Waals surface area (Å²) in [6.45, 7) is 4.41. The molecule has 0 spiro atoms. The molecule has 18 heavy (non-hydrogen) atoms. The van der Waals surface area contributed by atoms with E-state index in [1.807, 2.05) is 6.07 Å². The maximum Gasteiger partial charge on any atom is 0.331 e. The minimum Gasteiger partial charge on any atom is -0.472 e. The molecule has 2 aliphatic rings. The van der Waals surface area contributed by atoms with Crippen molar-refractivity contribution in [3.8, 4) is 0 Å². The van der Waals surface area contributed by atoms with Crippen LogP contribution in [0, 0.1) is 11.3 Å². The Kier molecular flexibility index (Phi) is 2.58. The van der Waals surface area contributed by atoms with Gasteiger partial charge in [-0.15, -0.1) is 0 Å². The van der Waals surface area contributed by atoms with E-state index in [2.05, 4.69) is 13.8 Å². The summed E-state index contributed by atoms with van der Waals surface area (Å²) in [5, 5.41) is 0. The molecule has 1 unspecified atom stereocenters. The van der Waals surface area contributed by atoms with Crippen LogP contribution >= 0.6 is 0 Å². The number of hydrogen-bond acceptors (Lipinski definition) is 3. The van der Waals surface area contributed by atoms with Crippen LogP contribution in [0.3, 0.4) is 0 Å². The molecule has 1 fully saturated rings. The highest BCUT2D eigenvalue weighted by atomic mass is 16.5. The standard InChI is InChI=1S/C15H18O3/c1-10-4-3-6-15(2)12(10)8-13(16)18-14(15)11-5-7-17-9-11/h5,7-10,14H,3-4,6H2,1-2H3/t10?,14-,15+/m0/s1. The molecule has 3 rings (SSSR count). The van der Waals surface area contributed by atoms with Crippen molar-refractivity contribution in [3.63, 3.8) is 0 Å². The van der Waals surface area contributed by atoms with E-state index >= 15 is 0 Å². The molecular weight excluding hydrogens is 228 g/mol. The maximum atomic E-state index is 11.8. The predicted octanol–water partition coefficient (Wildman–Crippen LogP) is 3.63. The Balaban J connectivity index is 2.06. The Hall–Kier alpha value is -1.51. The quantitative estimate of drug-likeness (QED) is 0.710. The molecule has 0 bridgehead atoms. The Bertz CT molecular complexity index is 486. The summed E-state index contributed by atoms with van der Waals surface area (Å²) in [6.07, 6.45) is 8.23. The Morgan fingerprint density at radius 3 is 3.00 bits per heavy atom. The molecule has 1 aromatic heterocycles. The van der Waals surface area contributed by atoms with Gasteiger partial charge in [-0.25, -0.2) is 4.79 Å². The summed E-state index contributed by atoms with van der Waals surface area (Å²) in [7, 11) is 0. The smallest absolute Gasteiger partial charge is 0.331 e. The van der Waals surface area contributed by atoms with E-state index in [1.165, 1.54) is 12.0 Å². The lowest BCUT2D eigenvalue weighted by Gasteiger charge is -2.46. The number of esters is 1. The monoisotopic (exact) mass is 246 g/mol. The largest absolute Gasteiger partial charge is 0.472 e. The van der Waals surface area contributed by atoms with Crippen molar-refractivity contribution in [1.29, 1.82) is 0 Å². The zero-order valence-corrected chi connectivity index (χ0v) is 10.8. The molecule has 1 saturated carbocycles. The van der Waals surface area contributed by atoms with E-state index in [1.54, 1.807) is 18.6 Å². The molecule has 3 nitrogen and oxygen atoms in total. The van der Waals surface area contributed by atoms with E-state index in [4.69, 9.17) is 9.15 Å². The first-order valence-corrected chi connectivity index (χ1v) is 6.56. The molecule has 0 amide bonds. The molecule has 2 heterocycles. The zero-order valence-electron chi connectivity index (χ0n) is 10.8. The lowest BCUT2D eigenvalue weighted by Crippen LogP contribution is -2.39. The highest BCUT2D eigenvalue weighted by Crippen LogP contribution is 2.54. The van der Waals surface area contributed by atoms with Crippen molar-refractivity contribution in [3.05, 3.63) is 35.8 Å². The summed E-state index contributed by atoms with van der Waals surface area (Å²) >= 11 is 0. The van der Waals surface area contributed by atoms with Gasteiger partial charge in [0.2, 0.25) is 0 Å². The van der Waals surface area contributed by atoms with E-state index in [9.17, 15) is 4.79 Å². The Morgan fingerprint density at radius 2 is 2.28 bits per heavy atom. The van der Waals surface area contributed by atoms with Gasteiger partial charge >= 0.3 is 5.97 Å². The van der Waals surface area contributed by atoms with Gasteiger partial charge in [-0.1, -0.05) is 25.8 Å². The van der Waals surface area contributed by atoms with Crippen LogP contribution < -0.4 is 0 Å². The van der Waals surface area contributed by atoms with E-state index < -0.39 is 0 Å². The molecule has 3 atom stereocenters. The normalized spacial score (nSPS) is 35.7. The Labute approximate surface area is 107 Å². The third kappa shape index (κ3) is 1.61. The van der Waals surface area contributed by atoms with Crippen molar-refractivity contribution in [2.24, 2.45) is 11.3 Å². The van der Waals surface area contributed by atoms with Crippen LogP contribution in [0.5, 0.6) is 0 Å². The van der Waals surface area contributed by atoms with Gasteiger partial charge in [0.25, 0.3) is 0 Å². The van der Waals surface area contributed by atoms with Crippen molar-refractivity contribution in [2.75, 3.05) is 0 Å². The maximum absolute atomic E-state index is 11.8. The topological polar surface area (TPSA) is 39.4 Å². The summed E-state index contributed by atoms with van der Waals surface area (Å²) in [4.78, 5) is 11.8. The van der Waals surface area contributed by atoms with Crippen molar-refractivity contribution < 1.29 is 13.9 Å². The van der Waals surface area contributed by atoms with Gasteiger partial charge in [-0.05, 0) is 24.8 Å². The predicted molar refractivity (Wildman–Crippen MR) is 66.7 cm³/mol. The van der Waals surface area contributed by atoms with Crippen LogP contribution in [0.1, 0.15) is 44.8 Å². The fourth-order valence-electron chi connectivity index (χ4n) is 3.50. The minimum atomic E-state index is -0.220. The first-order chi connectivity index (χ1) is 8.61. The lowest BCUT2D eigenvalue weighted by atomic mass is 9.62. The number of rotatable bonds is 1. The van der Waals surface area contributed by atoms with Gasteiger partial charge in [0, 0.05) is 17.1 Å². The number of ether oxygens (including phenoxy) is 1. The van der Waals surface area contributed by atoms with Crippen LogP contribution in [0.15, 0.2) is 34.7 Å². The van der Waals surface area contributed by atoms with E-state index in [0.717, 1.165) is 18.4 Å². The molecule has 0 N–H and O–H groups in total. The number of fused-ring (bicyclic) bond motifs is 1. The number of carbonyl (C=O) groups is 1.